The molecule has 0 aliphatic carbocycles. The lowest BCUT2D eigenvalue weighted by molar-refractivity contribution is -0.140. The van der Waals surface area contributed by atoms with Crippen LogP contribution in [-0.2, 0) is 26.2 Å². The van der Waals surface area contributed by atoms with Crippen molar-refractivity contribution in [3.05, 3.63) is 64.9 Å². The summed E-state index contributed by atoms with van der Waals surface area (Å²) in [6, 6.07) is 11.5. The van der Waals surface area contributed by atoms with Gasteiger partial charge in [0, 0.05) is 31.1 Å². The van der Waals surface area contributed by atoms with Crippen molar-refractivity contribution in [2.45, 2.75) is 52.1 Å². The molecule has 0 saturated heterocycles. The van der Waals surface area contributed by atoms with E-state index in [2.05, 4.69) is 5.32 Å². The number of hydrogen-bond donors (Lipinski definition) is 1. The molecule has 10 heteroatoms. The van der Waals surface area contributed by atoms with Gasteiger partial charge in [-0.1, -0.05) is 37.1 Å². The summed E-state index contributed by atoms with van der Waals surface area (Å²) < 4.78 is 39.0. The molecule has 7 nitrogen and oxygen atoms in total. The number of carbonyl (C=O) groups excluding carboxylic acids is 2. The van der Waals surface area contributed by atoms with Crippen LogP contribution in [0.2, 0.25) is 5.02 Å². The minimum Gasteiger partial charge on any atom is -0.354 e. The van der Waals surface area contributed by atoms with Crippen LogP contribution in [0.15, 0.2) is 48.5 Å². The summed E-state index contributed by atoms with van der Waals surface area (Å²) in [7, 11) is -3.63. The molecule has 2 aromatic carbocycles. The minimum atomic E-state index is -3.63. The maximum Gasteiger partial charge on any atom is 0.242 e. The Morgan fingerprint density at radius 1 is 1.06 bits per heavy atom. The van der Waals surface area contributed by atoms with Gasteiger partial charge in [-0.3, -0.25) is 13.9 Å². The predicted molar refractivity (Wildman–Crippen MR) is 137 cm³/mol. The Kier molecular flexibility index (Phi) is 11.0. The Morgan fingerprint density at radius 3 is 2.26 bits per heavy atom. The third-order valence-electron chi connectivity index (χ3n) is 5.53. The Bertz CT molecular complexity index is 1080. The molecule has 2 amide bonds. The first kappa shape index (κ1) is 28.6. The number of benzene rings is 2. The van der Waals surface area contributed by atoms with Gasteiger partial charge < -0.3 is 10.2 Å². The van der Waals surface area contributed by atoms with E-state index >= 15 is 0 Å². The molecule has 0 radical (unpaired) electrons. The van der Waals surface area contributed by atoms with Crippen LogP contribution >= 0.6 is 11.6 Å². The monoisotopic (exact) mass is 525 g/mol. The Labute approximate surface area is 212 Å². The van der Waals surface area contributed by atoms with Crippen LogP contribution in [0.25, 0.3) is 0 Å². The number of halogens is 2. The smallest absolute Gasteiger partial charge is 0.242 e. The maximum atomic E-state index is 13.3. The highest BCUT2D eigenvalue weighted by Crippen LogP contribution is 2.20. The summed E-state index contributed by atoms with van der Waals surface area (Å²) >= 11 is 5.97. The first-order valence-electron chi connectivity index (χ1n) is 11.6. The number of unbranched alkanes of at least 4 members (excludes halogenated alkanes) is 1. The van der Waals surface area contributed by atoms with Crippen molar-refractivity contribution in [1.82, 2.24) is 10.2 Å². The van der Waals surface area contributed by atoms with Gasteiger partial charge in [0.2, 0.25) is 21.8 Å². The molecule has 2 aromatic rings. The summed E-state index contributed by atoms with van der Waals surface area (Å²) in [6.45, 7) is 4.49. The highest BCUT2D eigenvalue weighted by molar-refractivity contribution is 7.92. The summed E-state index contributed by atoms with van der Waals surface area (Å²) in [5.41, 5.74) is 1.14. The molecule has 35 heavy (non-hydrogen) atoms. The van der Waals surface area contributed by atoms with E-state index in [-0.39, 0.29) is 37.7 Å². The van der Waals surface area contributed by atoms with Gasteiger partial charge in [-0.25, -0.2) is 12.8 Å². The zero-order valence-corrected chi connectivity index (χ0v) is 21.9. The van der Waals surface area contributed by atoms with Crippen molar-refractivity contribution in [3.63, 3.8) is 0 Å². The van der Waals surface area contributed by atoms with Crippen molar-refractivity contribution >= 4 is 39.1 Å². The van der Waals surface area contributed by atoms with Crippen LogP contribution in [0.5, 0.6) is 0 Å². The number of carbonyl (C=O) groups is 2. The highest BCUT2D eigenvalue weighted by Gasteiger charge is 2.26. The van der Waals surface area contributed by atoms with Crippen LogP contribution in [-0.4, -0.2) is 50.5 Å². The van der Waals surface area contributed by atoms with E-state index in [4.69, 9.17) is 11.6 Å². The van der Waals surface area contributed by atoms with E-state index in [1.807, 2.05) is 6.92 Å². The van der Waals surface area contributed by atoms with E-state index in [0.29, 0.717) is 17.3 Å². The molecule has 0 aliphatic heterocycles. The third-order valence-corrected chi connectivity index (χ3v) is 6.98. The van der Waals surface area contributed by atoms with Crippen molar-refractivity contribution in [1.29, 1.82) is 0 Å². The fraction of sp³-hybridized carbons (Fsp3) is 0.440. The quantitative estimate of drug-likeness (QED) is 0.394. The number of rotatable bonds is 13. The van der Waals surface area contributed by atoms with E-state index in [0.717, 1.165) is 29.0 Å². The van der Waals surface area contributed by atoms with Crippen LogP contribution in [0, 0.1) is 5.82 Å². The minimum absolute atomic E-state index is 0.0351. The topological polar surface area (TPSA) is 86.8 Å². The molecule has 0 aromatic heterocycles. The molecule has 1 atom stereocenters. The van der Waals surface area contributed by atoms with Crippen molar-refractivity contribution in [2.24, 2.45) is 0 Å². The normalized spacial score (nSPS) is 12.1. The molecule has 0 spiro atoms. The highest BCUT2D eigenvalue weighted by atomic mass is 35.5. The summed E-state index contributed by atoms with van der Waals surface area (Å²) in [6.07, 6.45) is 3.10. The lowest BCUT2D eigenvalue weighted by Gasteiger charge is -2.29. The molecule has 2 rings (SSSR count). The molecule has 0 bridgehead atoms. The van der Waals surface area contributed by atoms with Crippen LogP contribution in [0.1, 0.15) is 45.1 Å². The maximum absolute atomic E-state index is 13.3. The fourth-order valence-electron chi connectivity index (χ4n) is 3.52. The zero-order valence-electron chi connectivity index (χ0n) is 20.3. The number of nitrogens with zero attached hydrogens (tertiary/aromatic N) is 2. The lowest BCUT2D eigenvalue weighted by atomic mass is 10.1. The van der Waals surface area contributed by atoms with E-state index in [9.17, 15) is 22.4 Å². The van der Waals surface area contributed by atoms with Crippen LogP contribution < -0.4 is 9.62 Å². The van der Waals surface area contributed by atoms with Gasteiger partial charge in [0.05, 0.1) is 11.9 Å². The van der Waals surface area contributed by atoms with Crippen molar-refractivity contribution < 1.29 is 22.4 Å². The average molecular weight is 526 g/mol. The van der Waals surface area contributed by atoms with Crippen molar-refractivity contribution in [2.75, 3.05) is 23.7 Å². The molecular formula is C25H33ClFN3O4S. The molecule has 0 aliphatic rings. The number of anilines is 1. The predicted octanol–water partition coefficient (Wildman–Crippen LogP) is 4.36. The van der Waals surface area contributed by atoms with E-state index < -0.39 is 21.9 Å². The second kappa shape index (κ2) is 13.4. The molecular weight excluding hydrogens is 493 g/mol. The van der Waals surface area contributed by atoms with Crippen LogP contribution in [0.4, 0.5) is 10.1 Å². The molecule has 0 heterocycles. The number of sulfonamides is 1. The third kappa shape index (κ3) is 9.14. The zero-order chi connectivity index (χ0) is 26.0. The average Bonchev–Trinajstić information content (AvgIpc) is 2.81. The number of nitrogens with one attached hydrogen (secondary N) is 1. The van der Waals surface area contributed by atoms with Gasteiger partial charge in [-0.05, 0) is 61.7 Å². The summed E-state index contributed by atoms with van der Waals surface area (Å²) in [5, 5.41) is 3.43. The molecule has 0 fully saturated rings. The summed E-state index contributed by atoms with van der Waals surface area (Å²) in [4.78, 5) is 27.4. The SMILES string of the molecule is CCCCNC(=O)C(C)N(Cc1ccc(Cl)cc1)C(=O)CCCN(c1ccc(F)cc1)S(C)(=O)=O. The van der Waals surface area contributed by atoms with Crippen molar-refractivity contribution in [3.8, 4) is 0 Å². The lowest BCUT2D eigenvalue weighted by Crippen LogP contribution is -2.47. The Balaban J connectivity index is 2.12. The fourth-order valence-corrected chi connectivity index (χ4v) is 4.61. The van der Waals surface area contributed by atoms with Gasteiger partial charge in [0.25, 0.3) is 0 Å². The van der Waals surface area contributed by atoms with Gasteiger partial charge in [0.1, 0.15) is 11.9 Å². The van der Waals surface area contributed by atoms with E-state index in [1.165, 1.54) is 29.2 Å². The van der Waals surface area contributed by atoms with Crippen LogP contribution in [0.3, 0.4) is 0 Å². The van der Waals surface area contributed by atoms with Gasteiger partial charge in [-0.2, -0.15) is 0 Å². The molecule has 1 N–H and O–H groups in total. The standard InChI is InChI=1S/C25H33ClFN3O4S/c1-4-5-16-28-25(32)19(2)29(18-20-8-10-21(26)11-9-20)24(31)7-6-17-30(35(3,33)34)23-14-12-22(27)13-15-23/h8-15,19H,4-7,16-18H2,1-3H3,(H,28,32). The first-order valence-corrected chi connectivity index (χ1v) is 13.8. The van der Waals surface area contributed by atoms with Gasteiger partial charge in [-0.15, -0.1) is 0 Å². The largest absolute Gasteiger partial charge is 0.354 e. The molecule has 1 unspecified atom stereocenters. The van der Waals surface area contributed by atoms with Gasteiger partial charge in [0.15, 0.2) is 0 Å². The number of hydrogen-bond acceptors (Lipinski definition) is 4. The Hall–Kier alpha value is -2.65. The number of amides is 2. The first-order chi connectivity index (χ1) is 16.5. The van der Waals surface area contributed by atoms with E-state index in [1.54, 1.807) is 31.2 Å². The molecule has 0 saturated carbocycles. The Morgan fingerprint density at radius 2 is 1.69 bits per heavy atom. The molecule has 192 valence electrons. The summed E-state index contributed by atoms with van der Waals surface area (Å²) in [5.74, 6) is -0.989. The van der Waals surface area contributed by atoms with Gasteiger partial charge >= 0.3 is 0 Å². The second-order valence-electron chi connectivity index (χ2n) is 8.38. The second-order valence-corrected chi connectivity index (χ2v) is 10.7.